The number of carbonyl (C=O) groups is 1. The minimum absolute atomic E-state index is 0. The average molecular weight is 298 g/mol. The first kappa shape index (κ1) is 16.1. The summed E-state index contributed by atoms with van der Waals surface area (Å²) >= 11 is 0. The third kappa shape index (κ3) is 4.64. The van der Waals surface area contributed by atoms with Crippen molar-refractivity contribution in [1.29, 1.82) is 0 Å². The molecule has 1 heterocycles. The molecule has 108 valence electrons. The fourth-order valence-corrected chi connectivity index (χ4v) is 1.62. The van der Waals surface area contributed by atoms with Crippen LogP contribution in [0.1, 0.15) is 12.3 Å². The fourth-order valence-electron chi connectivity index (χ4n) is 1.62. The van der Waals surface area contributed by atoms with Gasteiger partial charge in [-0.1, -0.05) is 35.5 Å². The van der Waals surface area contributed by atoms with Gasteiger partial charge in [-0.15, -0.1) is 12.4 Å². The number of benzene rings is 1. The highest BCUT2D eigenvalue weighted by atomic mass is 35.5. The predicted octanol–water partition coefficient (Wildman–Crippen LogP) is 2.06. The molecule has 2 rings (SSSR count). The molecule has 20 heavy (non-hydrogen) atoms. The van der Waals surface area contributed by atoms with Crippen LogP contribution in [0.3, 0.4) is 0 Å². The minimum atomic E-state index is -0.817. The lowest BCUT2D eigenvalue weighted by Crippen LogP contribution is -2.21. The summed E-state index contributed by atoms with van der Waals surface area (Å²) in [6.07, 6.45) is 0.0934. The van der Waals surface area contributed by atoms with Crippen LogP contribution in [-0.4, -0.2) is 39.7 Å². The third-order valence-electron chi connectivity index (χ3n) is 2.61. The van der Waals surface area contributed by atoms with E-state index in [4.69, 9.17) is 9.63 Å². The molecule has 0 spiro atoms. The van der Waals surface area contributed by atoms with Crippen LogP contribution in [-0.2, 0) is 11.3 Å². The number of hydrogen-bond donors (Lipinski definition) is 1. The summed E-state index contributed by atoms with van der Waals surface area (Å²) in [5, 5.41) is 12.5. The number of hydrogen-bond acceptors (Lipinski definition) is 5. The van der Waals surface area contributed by atoms with Crippen molar-refractivity contribution in [3.63, 3.8) is 0 Å². The maximum atomic E-state index is 10.5. The minimum Gasteiger partial charge on any atom is -0.481 e. The number of rotatable bonds is 6. The van der Waals surface area contributed by atoms with Crippen LogP contribution in [0.5, 0.6) is 0 Å². The highest BCUT2D eigenvalue weighted by Gasteiger charge is 2.11. The van der Waals surface area contributed by atoms with Gasteiger partial charge in [-0.2, -0.15) is 4.98 Å². The van der Waals surface area contributed by atoms with Gasteiger partial charge in [-0.3, -0.25) is 9.69 Å². The van der Waals surface area contributed by atoms with Gasteiger partial charge >= 0.3 is 5.97 Å². The van der Waals surface area contributed by atoms with E-state index in [0.29, 0.717) is 24.8 Å². The Morgan fingerprint density at radius 3 is 2.70 bits per heavy atom. The van der Waals surface area contributed by atoms with Gasteiger partial charge in [-0.05, 0) is 7.05 Å². The second-order valence-corrected chi connectivity index (χ2v) is 4.26. The summed E-state index contributed by atoms with van der Waals surface area (Å²) in [5.41, 5.74) is 0.894. The van der Waals surface area contributed by atoms with Crippen molar-refractivity contribution in [2.24, 2.45) is 0 Å². The number of carboxylic acid groups (broad SMARTS) is 1. The maximum Gasteiger partial charge on any atom is 0.304 e. The summed E-state index contributed by atoms with van der Waals surface area (Å²) < 4.78 is 5.15. The maximum absolute atomic E-state index is 10.5. The normalized spacial score (nSPS) is 10.3. The number of aliphatic carboxylic acids is 1. The molecule has 0 aliphatic rings. The molecule has 0 aliphatic heterocycles. The Balaban J connectivity index is 0.00000200. The van der Waals surface area contributed by atoms with E-state index in [0.717, 1.165) is 5.56 Å². The van der Waals surface area contributed by atoms with Gasteiger partial charge in [-0.25, -0.2) is 0 Å². The molecular formula is C13H16ClN3O3. The summed E-state index contributed by atoms with van der Waals surface area (Å²) in [6, 6.07) is 9.55. The van der Waals surface area contributed by atoms with Crippen molar-refractivity contribution < 1.29 is 14.4 Å². The van der Waals surface area contributed by atoms with E-state index < -0.39 is 5.97 Å². The topological polar surface area (TPSA) is 79.5 Å². The second kappa shape index (κ2) is 7.62. The Bertz CT molecular complexity index is 545. The van der Waals surface area contributed by atoms with Gasteiger partial charge < -0.3 is 9.63 Å². The molecule has 0 amide bonds. The van der Waals surface area contributed by atoms with E-state index in [-0.39, 0.29) is 18.8 Å². The van der Waals surface area contributed by atoms with Crippen molar-refractivity contribution in [1.82, 2.24) is 15.0 Å². The van der Waals surface area contributed by atoms with Crippen LogP contribution >= 0.6 is 12.4 Å². The molecule has 1 N–H and O–H groups in total. The standard InChI is InChI=1S/C13H15N3O3.ClH/c1-16(8-7-12(17)18)9-11-14-13(15-19-11)10-5-3-2-4-6-10;/h2-6H,7-9H2,1H3,(H,17,18);1H. The summed E-state index contributed by atoms with van der Waals surface area (Å²) in [4.78, 5) is 16.6. The zero-order chi connectivity index (χ0) is 13.7. The van der Waals surface area contributed by atoms with Gasteiger partial charge in [0.15, 0.2) is 0 Å². The van der Waals surface area contributed by atoms with Gasteiger partial charge in [0.2, 0.25) is 11.7 Å². The second-order valence-electron chi connectivity index (χ2n) is 4.26. The number of aromatic nitrogens is 2. The third-order valence-corrected chi connectivity index (χ3v) is 2.61. The lowest BCUT2D eigenvalue weighted by Gasteiger charge is -2.11. The van der Waals surface area contributed by atoms with Gasteiger partial charge in [0, 0.05) is 12.1 Å². The van der Waals surface area contributed by atoms with Gasteiger partial charge in [0.05, 0.1) is 13.0 Å². The lowest BCUT2D eigenvalue weighted by atomic mass is 10.2. The highest BCUT2D eigenvalue weighted by Crippen LogP contribution is 2.15. The Kier molecular flexibility index (Phi) is 6.14. The van der Waals surface area contributed by atoms with Crippen molar-refractivity contribution in [2.45, 2.75) is 13.0 Å². The Morgan fingerprint density at radius 2 is 2.05 bits per heavy atom. The van der Waals surface area contributed by atoms with Crippen LogP contribution in [0.15, 0.2) is 34.9 Å². The van der Waals surface area contributed by atoms with E-state index >= 15 is 0 Å². The van der Waals surface area contributed by atoms with E-state index in [1.54, 1.807) is 0 Å². The van der Waals surface area contributed by atoms with Crippen LogP contribution < -0.4 is 0 Å². The Morgan fingerprint density at radius 1 is 1.35 bits per heavy atom. The molecule has 0 atom stereocenters. The Hall–Kier alpha value is -1.92. The molecule has 0 saturated heterocycles. The SMILES string of the molecule is CN(CCC(=O)O)Cc1nc(-c2ccccc2)no1.Cl. The molecule has 0 unspecified atom stereocenters. The first-order valence-corrected chi connectivity index (χ1v) is 5.93. The smallest absolute Gasteiger partial charge is 0.304 e. The zero-order valence-electron chi connectivity index (χ0n) is 11.0. The molecular weight excluding hydrogens is 282 g/mol. The quantitative estimate of drug-likeness (QED) is 0.879. The van der Waals surface area contributed by atoms with Crippen LogP contribution in [0.4, 0.5) is 0 Å². The van der Waals surface area contributed by atoms with E-state index in [1.165, 1.54) is 0 Å². The van der Waals surface area contributed by atoms with Crippen molar-refractivity contribution in [3.05, 3.63) is 36.2 Å². The van der Waals surface area contributed by atoms with Gasteiger partial charge in [0.25, 0.3) is 0 Å². The number of carboxylic acids is 1. The molecule has 1 aromatic heterocycles. The summed E-state index contributed by atoms with van der Waals surface area (Å²) in [6.45, 7) is 0.880. The number of nitrogens with zero attached hydrogens (tertiary/aromatic N) is 3. The molecule has 0 bridgehead atoms. The molecule has 0 aliphatic carbocycles. The van der Waals surface area contributed by atoms with Crippen LogP contribution in [0, 0.1) is 0 Å². The average Bonchev–Trinajstić information content (AvgIpc) is 2.86. The zero-order valence-corrected chi connectivity index (χ0v) is 11.8. The fraction of sp³-hybridized carbons (Fsp3) is 0.308. The molecule has 2 aromatic rings. The largest absolute Gasteiger partial charge is 0.481 e. The van der Waals surface area contributed by atoms with Gasteiger partial charge in [0.1, 0.15) is 0 Å². The molecule has 7 heteroatoms. The van der Waals surface area contributed by atoms with Crippen molar-refractivity contribution >= 4 is 18.4 Å². The first-order chi connectivity index (χ1) is 9.15. The highest BCUT2D eigenvalue weighted by molar-refractivity contribution is 5.85. The molecule has 1 aromatic carbocycles. The van der Waals surface area contributed by atoms with Crippen LogP contribution in [0.2, 0.25) is 0 Å². The molecule has 0 saturated carbocycles. The summed E-state index contributed by atoms with van der Waals surface area (Å²) in [7, 11) is 1.81. The Labute approximate surface area is 122 Å². The predicted molar refractivity (Wildman–Crippen MR) is 75.6 cm³/mol. The molecule has 0 radical (unpaired) electrons. The van der Waals surface area contributed by atoms with Crippen molar-refractivity contribution in [2.75, 3.05) is 13.6 Å². The van der Waals surface area contributed by atoms with Crippen LogP contribution in [0.25, 0.3) is 11.4 Å². The van der Waals surface area contributed by atoms with E-state index in [1.807, 2.05) is 42.3 Å². The van der Waals surface area contributed by atoms with E-state index in [2.05, 4.69) is 10.1 Å². The first-order valence-electron chi connectivity index (χ1n) is 5.93. The molecule has 0 fully saturated rings. The molecule has 6 nitrogen and oxygen atoms in total. The summed E-state index contributed by atoms with van der Waals surface area (Å²) in [5.74, 6) is 0.205. The monoisotopic (exact) mass is 297 g/mol. The van der Waals surface area contributed by atoms with E-state index in [9.17, 15) is 4.79 Å². The van der Waals surface area contributed by atoms with Crippen molar-refractivity contribution in [3.8, 4) is 11.4 Å². The number of halogens is 1. The lowest BCUT2D eigenvalue weighted by molar-refractivity contribution is -0.137.